The number of hydrogen-bond donors (Lipinski definition) is 1. The van der Waals surface area contributed by atoms with Crippen LogP contribution in [0.1, 0.15) is 25.0 Å². The molecule has 1 fully saturated rings. The van der Waals surface area contributed by atoms with E-state index in [-0.39, 0.29) is 12.1 Å². The van der Waals surface area contributed by atoms with E-state index in [1.54, 1.807) is 0 Å². The quantitative estimate of drug-likeness (QED) is 0.874. The molecule has 2 aromatic rings. The third kappa shape index (κ3) is 5.39. The van der Waals surface area contributed by atoms with Gasteiger partial charge in [0.05, 0.1) is 6.10 Å². The van der Waals surface area contributed by atoms with Gasteiger partial charge in [-0.25, -0.2) is 4.79 Å². The number of ether oxygens (including phenoxy) is 1. The van der Waals surface area contributed by atoms with Crippen LogP contribution in [-0.2, 0) is 6.54 Å². The molecular formula is C22H29N3O2. The van der Waals surface area contributed by atoms with E-state index in [1.165, 1.54) is 11.3 Å². The van der Waals surface area contributed by atoms with E-state index in [1.807, 2.05) is 30.9 Å². The number of benzene rings is 2. The zero-order valence-corrected chi connectivity index (χ0v) is 16.4. The molecule has 1 N–H and O–H groups in total. The third-order valence-corrected chi connectivity index (χ3v) is 4.70. The van der Waals surface area contributed by atoms with Crippen molar-refractivity contribution >= 4 is 11.7 Å². The summed E-state index contributed by atoms with van der Waals surface area (Å²) >= 11 is 0. The van der Waals surface area contributed by atoms with Gasteiger partial charge < -0.3 is 19.9 Å². The lowest BCUT2D eigenvalue weighted by Crippen LogP contribution is -2.51. The van der Waals surface area contributed by atoms with Gasteiger partial charge in [0.15, 0.2) is 0 Å². The molecule has 0 aromatic heterocycles. The van der Waals surface area contributed by atoms with E-state index in [2.05, 4.69) is 53.5 Å². The number of aryl methyl sites for hydroxylation is 1. The monoisotopic (exact) mass is 367 g/mol. The van der Waals surface area contributed by atoms with Crippen molar-refractivity contribution in [1.82, 2.24) is 10.2 Å². The van der Waals surface area contributed by atoms with Crippen LogP contribution >= 0.6 is 0 Å². The largest absolute Gasteiger partial charge is 0.491 e. The predicted molar refractivity (Wildman–Crippen MR) is 109 cm³/mol. The predicted octanol–water partition coefficient (Wildman–Crippen LogP) is 3.81. The van der Waals surface area contributed by atoms with Gasteiger partial charge in [-0.3, -0.25) is 0 Å². The molecule has 0 unspecified atom stereocenters. The van der Waals surface area contributed by atoms with Crippen LogP contribution in [0.4, 0.5) is 10.5 Å². The summed E-state index contributed by atoms with van der Waals surface area (Å²) in [4.78, 5) is 16.6. The van der Waals surface area contributed by atoms with Crippen molar-refractivity contribution in [1.29, 1.82) is 0 Å². The molecule has 2 amide bonds. The van der Waals surface area contributed by atoms with Crippen molar-refractivity contribution in [3.8, 4) is 5.75 Å². The van der Waals surface area contributed by atoms with Crippen LogP contribution in [0.25, 0.3) is 0 Å². The topological polar surface area (TPSA) is 44.8 Å². The standard InChI is InChI=1S/C22H29N3O2/c1-17(2)27-21-10-8-20(9-11-21)24-12-14-25(15-13-24)22(26)23-16-19-6-4-18(3)5-7-19/h4-11,17H,12-16H2,1-3H3,(H,23,26). The highest BCUT2D eigenvalue weighted by molar-refractivity contribution is 5.74. The van der Waals surface area contributed by atoms with E-state index in [0.29, 0.717) is 6.54 Å². The number of urea groups is 1. The maximum atomic E-state index is 12.4. The third-order valence-electron chi connectivity index (χ3n) is 4.70. The van der Waals surface area contributed by atoms with Gasteiger partial charge in [-0.15, -0.1) is 0 Å². The van der Waals surface area contributed by atoms with Crippen LogP contribution < -0.4 is 15.0 Å². The van der Waals surface area contributed by atoms with E-state index in [4.69, 9.17) is 4.74 Å². The number of piperazine rings is 1. The number of nitrogens with zero attached hydrogens (tertiary/aromatic N) is 2. The first-order chi connectivity index (χ1) is 13.0. The Morgan fingerprint density at radius 1 is 1.00 bits per heavy atom. The first-order valence-electron chi connectivity index (χ1n) is 9.61. The lowest BCUT2D eigenvalue weighted by Gasteiger charge is -2.36. The molecule has 5 heteroatoms. The Morgan fingerprint density at radius 3 is 2.22 bits per heavy atom. The maximum Gasteiger partial charge on any atom is 0.317 e. The summed E-state index contributed by atoms with van der Waals surface area (Å²) in [5, 5.41) is 3.02. The van der Waals surface area contributed by atoms with Gasteiger partial charge in [0.25, 0.3) is 0 Å². The minimum atomic E-state index is 0.0101. The number of rotatable bonds is 5. The second-order valence-corrected chi connectivity index (χ2v) is 7.28. The molecule has 2 aromatic carbocycles. The van der Waals surface area contributed by atoms with E-state index in [0.717, 1.165) is 37.5 Å². The van der Waals surface area contributed by atoms with Gasteiger partial charge >= 0.3 is 6.03 Å². The number of nitrogens with one attached hydrogen (secondary N) is 1. The fourth-order valence-electron chi connectivity index (χ4n) is 3.17. The molecule has 0 spiro atoms. The molecule has 0 radical (unpaired) electrons. The summed E-state index contributed by atoms with van der Waals surface area (Å²) in [6.07, 6.45) is 0.179. The van der Waals surface area contributed by atoms with Gasteiger partial charge in [-0.1, -0.05) is 29.8 Å². The molecule has 5 nitrogen and oxygen atoms in total. The Bertz CT molecular complexity index is 733. The molecule has 1 saturated heterocycles. The van der Waals surface area contributed by atoms with Crippen LogP contribution in [0, 0.1) is 6.92 Å². The second-order valence-electron chi connectivity index (χ2n) is 7.28. The van der Waals surface area contributed by atoms with Crippen molar-refractivity contribution in [3.63, 3.8) is 0 Å². The van der Waals surface area contributed by atoms with Crippen molar-refractivity contribution in [2.45, 2.75) is 33.4 Å². The number of hydrogen-bond acceptors (Lipinski definition) is 3. The molecular weight excluding hydrogens is 338 g/mol. The molecule has 1 aliphatic rings. The van der Waals surface area contributed by atoms with Crippen LogP contribution in [0.15, 0.2) is 48.5 Å². The van der Waals surface area contributed by atoms with Gasteiger partial charge in [0.1, 0.15) is 5.75 Å². The van der Waals surface area contributed by atoms with Crippen LogP contribution in [0.5, 0.6) is 5.75 Å². The zero-order valence-electron chi connectivity index (χ0n) is 16.4. The Morgan fingerprint density at radius 2 is 1.63 bits per heavy atom. The fourth-order valence-corrected chi connectivity index (χ4v) is 3.17. The number of carbonyl (C=O) groups excluding carboxylic acids is 1. The number of carbonyl (C=O) groups is 1. The summed E-state index contributed by atoms with van der Waals surface area (Å²) in [6.45, 7) is 9.80. The molecule has 0 aliphatic carbocycles. The fraction of sp³-hybridized carbons (Fsp3) is 0.409. The summed E-state index contributed by atoms with van der Waals surface area (Å²) in [6, 6.07) is 16.5. The smallest absolute Gasteiger partial charge is 0.317 e. The number of anilines is 1. The minimum Gasteiger partial charge on any atom is -0.491 e. The molecule has 0 atom stereocenters. The van der Waals surface area contributed by atoms with Crippen molar-refractivity contribution in [2.24, 2.45) is 0 Å². The summed E-state index contributed by atoms with van der Waals surface area (Å²) in [5.41, 5.74) is 3.52. The molecule has 1 aliphatic heterocycles. The van der Waals surface area contributed by atoms with Crippen molar-refractivity contribution in [2.75, 3.05) is 31.1 Å². The molecule has 1 heterocycles. The van der Waals surface area contributed by atoms with E-state index < -0.39 is 0 Å². The van der Waals surface area contributed by atoms with Crippen molar-refractivity contribution < 1.29 is 9.53 Å². The van der Waals surface area contributed by atoms with Crippen LogP contribution in [0.3, 0.4) is 0 Å². The number of amides is 2. The highest BCUT2D eigenvalue weighted by Gasteiger charge is 2.21. The molecule has 0 saturated carbocycles. The highest BCUT2D eigenvalue weighted by Crippen LogP contribution is 2.21. The Hall–Kier alpha value is -2.69. The Labute approximate surface area is 161 Å². The molecule has 0 bridgehead atoms. The zero-order chi connectivity index (χ0) is 19.2. The average molecular weight is 367 g/mol. The lowest BCUT2D eigenvalue weighted by molar-refractivity contribution is 0.194. The van der Waals surface area contributed by atoms with Crippen molar-refractivity contribution in [3.05, 3.63) is 59.7 Å². The first-order valence-corrected chi connectivity index (χ1v) is 9.61. The summed E-state index contributed by atoms with van der Waals surface area (Å²) in [7, 11) is 0. The van der Waals surface area contributed by atoms with E-state index in [9.17, 15) is 4.79 Å². The average Bonchev–Trinajstić information content (AvgIpc) is 2.67. The Balaban J connectivity index is 1.46. The van der Waals surface area contributed by atoms with Crippen LogP contribution in [-0.4, -0.2) is 43.2 Å². The van der Waals surface area contributed by atoms with E-state index >= 15 is 0 Å². The second kappa shape index (κ2) is 8.80. The maximum absolute atomic E-state index is 12.4. The van der Waals surface area contributed by atoms with Crippen LogP contribution in [0.2, 0.25) is 0 Å². The van der Waals surface area contributed by atoms with Gasteiger partial charge in [0.2, 0.25) is 0 Å². The molecule has 144 valence electrons. The van der Waals surface area contributed by atoms with Gasteiger partial charge in [-0.2, -0.15) is 0 Å². The Kier molecular flexibility index (Phi) is 6.22. The minimum absolute atomic E-state index is 0.0101. The summed E-state index contributed by atoms with van der Waals surface area (Å²) in [5.74, 6) is 0.892. The SMILES string of the molecule is Cc1ccc(CNC(=O)N2CCN(c3ccc(OC(C)C)cc3)CC2)cc1. The molecule has 27 heavy (non-hydrogen) atoms. The normalized spacial score (nSPS) is 14.4. The van der Waals surface area contributed by atoms with Gasteiger partial charge in [-0.05, 0) is 50.6 Å². The lowest BCUT2D eigenvalue weighted by atomic mass is 10.1. The van der Waals surface area contributed by atoms with Gasteiger partial charge in [0, 0.05) is 38.4 Å². The highest BCUT2D eigenvalue weighted by atomic mass is 16.5. The molecule has 3 rings (SSSR count). The first kappa shape index (κ1) is 19.1. The summed E-state index contributed by atoms with van der Waals surface area (Å²) < 4.78 is 5.70.